The molecule has 0 saturated heterocycles. The van der Waals surface area contributed by atoms with E-state index in [2.05, 4.69) is 171 Å². The average molecular weight is 683 g/mol. The number of nitrogens with zero attached hydrogens (tertiary/aromatic N) is 2. The van der Waals surface area contributed by atoms with Gasteiger partial charge in [-0.3, -0.25) is 0 Å². The standard InChI is InChI=1S/C50H54N2/c1-5-39-12-10-14-49(48-35-47(39)48)52(45-27-18-38(4)19-28-45)46-31-22-41(23-32-46)50(33-7-6-8-34-50)40-20-29-44(30-21-40)51(43-25-16-37(3)17-26-43)42-13-9-11-36(2)15-24-42/h9,12-32,47-48H,5-8,10-11,33-35H2,1-4H3. The first-order valence-corrected chi connectivity index (χ1v) is 19.8. The third-order valence-electron chi connectivity index (χ3n) is 12.2. The number of hydrogen-bond donors (Lipinski definition) is 0. The summed E-state index contributed by atoms with van der Waals surface area (Å²) in [6.07, 6.45) is 24.8. The molecule has 4 aliphatic rings. The summed E-state index contributed by atoms with van der Waals surface area (Å²) in [5, 5.41) is 0. The Bertz CT molecular complexity index is 2030. The summed E-state index contributed by atoms with van der Waals surface area (Å²) in [5.41, 5.74) is 16.1. The summed E-state index contributed by atoms with van der Waals surface area (Å²) in [6.45, 7) is 8.87. The van der Waals surface area contributed by atoms with Crippen LogP contribution in [0.5, 0.6) is 0 Å². The Kier molecular flexibility index (Phi) is 9.66. The highest BCUT2D eigenvalue weighted by Gasteiger charge is 2.45. The van der Waals surface area contributed by atoms with Crippen LogP contribution in [0.3, 0.4) is 0 Å². The van der Waals surface area contributed by atoms with Crippen molar-refractivity contribution in [2.75, 3.05) is 9.80 Å². The van der Waals surface area contributed by atoms with Gasteiger partial charge in [-0.15, -0.1) is 0 Å². The molecule has 2 heteroatoms. The monoisotopic (exact) mass is 682 g/mol. The molecule has 0 radical (unpaired) electrons. The van der Waals surface area contributed by atoms with Crippen molar-refractivity contribution in [3.8, 4) is 0 Å². The van der Waals surface area contributed by atoms with E-state index < -0.39 is 0 Å². The number of rotatable bonds is 9. The lowest BCUT2D eigenvalue weighted by Crippen LogP contribution is -2.30. The van der Waals surface area contributed by atoms with E-state index in [1.165, 1.54) is 107 Å². The number of aryl methyl sites for hydroxylation is 2. The summed E-state index contributed by atoms with van der Waals surface area (Å²) >= 11 is 0. The lowest BCUT2D eigenvalue weighted by molar-refractivity contribution is 0.346. The van der Waals surface area contributed by atoms with Gasteiger partial charge >= 0.3 is 0 Å². The smallest absolute Gasteiger partial charge is 0.0461 e. The van der Waals surface area contributed by atoms with Crippen molar-refractivity contribution in [2.24, 2.45) is 11.8 Å². The molecule has 0 bridgehead atoms. The van der Waals surface area contributed by atoms with Gasteiger partial charge < -0.3 is 9.80 Å². The van der Waals surface area contributed by atoms with Crippen LogP contribution in [0.15, 0.2) is 156 Å². The van der Waals surface area contributed by atoms with Crippen molar-refractivity contribution < 1.29 is 0 Å². The minimum Gasteiger partial charge on any atom is -0.314 e. The zero-order chi connectivity index (χ0) is 35.7. The van der Waals surface area contributed by atoms with Crippen molar-refractivity contribution in [1.82, 2.24) is 0 Å². The Hall–Kier alpha value is -4.82. The Morgan fingerprint density at radius 3 is 1.69 bits per heavy atom. The summed E-state index contributed by atoms with van der Waals surface area (Å²) < 4.78 is 0. The molecule has 0 N–H and O–H groups in total. The maximum atomic E-state index is 2.57. The van der Waals surface area contributed by atoms with E-state index in [1.54, 1.807) is 5.57 Å². The molecule has 0 amide bonds. The molecule has 4 aromatic rings. The van der Waals surface area contributed by atoms with Gasteiger partial charge in [-0.2, -0.15) is 0 Å². The Balaban J connectivity index is 1.14. The van der Waals surface area contributed by atoms with Crippen molar-refractivity contribution in [2.45, 2.75) is 90.9 Å². The minimum atomic E-state index is 0.0170. The van der Waals surface area contributed by atoms with Gasteiger partial charge in [-0.1, -0.05) is 121 Å². The van der Waals surface area contributed by atoms with Crippen molar-refractivity contribution >= 4 is 22.7 Å². The normalized spacial score (nSPS) is 20.7. The lowest BCUT2D eigenvalue weighted by atomic mass is 9.65. The van der Waals surface area contributed by atoms with Crippen LogP contribution in [0, 0.1) is 25.7 Å². The molecule has 4 aromatic carbocycles. The summed E-state index contributed by atoms with van der Waals surface area (Å²) in [5.74, 6) is 1.32. The molecule has 4 aliphatic carbocycles. The largest absolute Gasteiger partial charge is 0.314 e. The second-order valence-electron chi connectivity index (χ2n) is 15.7. The molecule has 0 aromatic heterocycles. The van der Waals surface area contributed by atoms with Gasteiger partial charge in [0.15, 0.2) is 0 Å². The van der Waals surface area contributed by atoms with Crippen LogP contribution in [-0.4, -0.2) is 0 Å². The van der Waals surface area contributed by atoms with E-state index in [4.69, 9.17) is 0 Å². The maximum Gasteiger partial charge on any atom is 0.0461 e. The molecule has 2 unspecified atom stereocenters. The van der Waals surface area contributed by atoms with Gasteiger partial charge in [-0.25, -0.2) is 0 Å². The third-order valence-corrected chi connectivity index (χ3v) is 12.2. The quantitative estimate of drug-likeness (QED) is 0.162. The molecule has 52 heavy (non-hydrogen) atoms. The highest BCUT2D eigenvalue weighted by molar-refractivity contribution is 5.72. The van der Waals surface area contributed by atoms with Gasteiger partial charge in [0.2, 0.25) is 0 Å². The second-order valence-corrected chi connectivity index (χ2v) is 15.7. The van der Waals surface area contributed by atoms with E-state index in [0.29, 0.717) is 11.8 Å². The highest BCUT2D eigenvalue weighted by Crippen LogP contribution is 2.54. The molecule has 2 saturated carbocycles. The number of hydrogen-bond acceptors (Lipinski definition) is 2. The molecule has 0 heterocycles. The maximum absolute atomic E-state index is 2.57. The molecule has 8 rings (SSSR count). The van der Waals surface area contributed by atoms with Crippen LogP contribution in [-0.2, 0) is 5.41 Å². The number of anilines is 4. The minimum absolute atomic E-state index is 0.0170. The second kappa shape index (κ2) is 14.7. The van der Waals surface area contributed by atoms with Crippen LogP contribution in [0.25, 0.3) is 0 Å². The van der Waals surface area contributed by atoms with E-state index in [-0.39, 0.29) is 5.41 Å². The molecule has 0 spiro atoms. The number of allylic oxidation sites excluding steroid dienone is 9. The van der Waals surface area contributed by atoms with Crippen LogP contribution in [0.2, 0.25) is 0 Å². The van der Waals surface area contributed by atoms with Gasteiger partial charge in [0.05, 0.1) is 0 Å². The van der Waals surface area contributed by atoms with E-state index in [9.17, 15) is 0 Å². The lowest BCUT2D eigenvalue weighted by Gasteiger charge is -2.39. The molecule has 264 valence electrons. The van der Waals surface area contributed by atoms with Gasteiger partial charge in [-0.05, 0) is 137 Å². The molecular formula is C50H54N2. The van der Waals surface area contributed by atoms with Crippen molar-refractivity contribution in [1.29, 1.82) is 0 Å². The fourth-order valence-electron chi connectivity index (χ4n) is 9.14. The molecule has 2 nitrogen and oxygen atoms in total. The molecule has 2 atom stereocenters. The zero-order valence-electron chi connectivity index (χ0n) is 31.6. The van der Waals surface area contributed by atoms with E-state index in [0.717, 1.165) is 12.8 Å². The van der Waals surface area contributed by atoms with Crippen LogP contribution < -0.4 is 9.80 Å². The fraction of sp³-hybridized carbons (Fsp3) is 0.320. The van der Waals surface area contributed by atoms with Crippen LogP contribution in [0.4, 0.5) is 22.7 Å². The Morgan fingerprint density at radius 2 is 1.13 bits per heavy atom. The summed E-state index contributed by atoms with van der Waals surface area (Å²) in [4.78, 5) is 4.97. The highest BCUT2D eigenvalue weighted by atomic mass is 15.2. The Labute approximate surface area is 312 Å². The first kappa shape index (κ1) is 34.3. The predicted octanol–water partition coefficient (Wildman–Crippen LogP) is 13.9. The van der Waals surface area contributed by atoms with Crippen molar-refractivity contribution in [3.05, 3.63) is 178 Å². The summed E-state index contributed by atoms with van der Waals surface area (Å²) in [7, 11) is 0. The van der Waals surface area contributed by atoms with E-state index >= 15 is 0 Å². The fourth-order valence-corrected chi connectivity index (χ4v) is 9.14. The number of fused-ring (bicyclic) bond motifs is 1. The van der Waals surface area contributed by atoms with Gasteiger partial charge in [0, 0.05) is 45.5 Å². The molecule has 2 fully saturated rings. The van der Waals surface area contributed by atoms with Crippen LogP contribution >= 0.6 is 0 Å². The van der Waals surface area contributed by atoms with E-state index in [1.807, 2.05) is 0 Å². The predicted molar refractivity (Wildman–Crippen MR) is 222 cm³/mol. The zero-order valence-corrected chi connectivity index (χ0v) is 31.6. The van der Waals surface area contributed by atoms with Crippen molar-refractivity contribution in [3.63, 3.8) is 0 Å². The summed E-state index contributed by atoms with van der Waals surface area (Å²) in [6, 6.07) is 37.4. The first-order chi connectivity index (χ1) is 25.4. The van der Waals surface area contributed by atoms with Gasteiger partial charge in [0.1, 0.15) is 0 Å². The van der Waals surface area contributed by atoms with Gasteiger partial charge in [0.25, 0.3) is 0 Å². The topological polar surface area (TPSA) is 6.48 Å². The molecule has 0 aliphatic heterocycles. The first-order valence-electron chi connectivity index (χ1n) is 19.8. The average Bonchev–Trinajstić information content (AvgIpc) is 4.01. The number of benzene rings is 4. The SMILES string of the molecule is CCC1=CCC=C(N(c2ccc(C)cc2)c2ccc(C3(c4ccc(N(C5=CC=C(C)CC=C5)c5ccc(C)cc5)cc4)CCCCC3)cc2)C2CC12. The third kappa shape index (κ3) is 6.76. The Morgan fingerprint density at radius 1 is 0.596 bits per heavy atom. The van der Waals surface area contributed by atoms with Crippen LogP contribution in [0.1, 0.15) is 93.9 Å². The molecular weight excluding hydrogens is 629 g/mol.